The van der Waals surface area contributed by atoms with Gasteiger partial charge < -0.3 is 19.7 Å². The summed E-state index contributed by atoms with van der Waals surface area (Å²) in [6, 6.07) is 0.0659. The average molecular weight is 500 g/mol. The topological polar surface area (TPSA) is 140 Å². The number of nitrogen functional groups attached to an aromatic ring is 1. The smallest absolute Gasteiger partial charge is 0.260 e. The molecule has 186 valence electrons. The van der Waals surface area contributed by atoms with Crippen LogP contribution >= 0.6 is 0 Å². The molecule has 0 bridgehead atoms. The zero-order chi connectivity index (χ0) is 24.5. The highest BCUT2D eigenvalue weighted by atomic mass is 32.2. The van der Waals surface area contributed by atoms with Crippen LogP contribution in [0.1, 0.15) is 60.5 Å². The van der Waals surface area contributed by atoms with Gasteiger partial charge in [-0.05, 0) is 26.7 Å². The van der Waals surface area contributed by atoms with Crippen LogP contribution in [0.25, 0.3) is 22.3 Å². The molecular formula is C23H29N7O4S. The van der Waals surface area contributed by atoms with Crippen molar-refractivity contribution in [3.05, 3.63) is 23.3 Å². The van der Waals surface area contributed by atoms with Gasteiger partial charge in [0, 0.05) is 49.4 Å². The van der Waals surface area contributed by atoms with Crippen LogP contribution < -0.4 is 5.73 Å². The first-order chi connectivity index (χ1) is 16.7. The monoisotopic (exact) mass is 499 g/mol. The van der Waals surface area contributed by atoms with Gasteiger partial charge in [0.1, 0.15) is 29.0 Å². The molecule has 11 nitrogen and oxygen atoms in total. The van der Waals surface area contributed by atoms with Crippen LogP contribution in [0, 0.1) is 0 Å². The van der Waals surface area contributed by atoms with Crippen molar-refractivity contribution in [3.8, 4) is 11.3 Å². The standard InChI is InChI=1S/C23H29N7O4S/c1-13(2)30-15-11-29(6-5-28-7-9-35(32,33)10-8-28)23(31)18-19(27-34-20(18)14-3-4-14)16(15)17-21(24)25-12-26-22(17)30/h12-14H,3-11H2,1-2H3,(H2,24,25,26). The van der Waals surface area contributed by atoms with E-state index in [-0.39, 0.29) is 29.4 Å². The van der Waals surface area contributed by atoms with Gasteiger partial charge in [-0.3, -0.25) is 9.69 Å². The second-order valence-electron chi connectivity index (χ2n) is 10.0. The first kappa shape index (κ1) is 22.5. The summed E-state index contributed by atoms with van der Waals surface area (Å²) in [5, 5.41) is 5.11. The van der Waals surface area contributed by atoms with Crippen LogP contribution in [-0.4, -0.2) is 81.5 Å². The highest BCUT2D eigenvalue weighted by Crippen LogP contribution is 2.48. The first-order valence-electron chi connectivity index (χ1n) is 12.1. The summed E-state index contributed by atoms with van der Waals surface area (Å²) in [7, 11) is -2.96. The van der Waals surface area contributed by atoms with E-state index >= 15 is 0 Å². The Morgan fingerprint density at radius 2 is 1.89 bits per heavy atom. The van der Waals surface area contributed by atoms with Gasteiger partial charge in [-0.15, -0.1) is 0 Å². The summed E-state index contributed by atoms with van der Waals surface area (Å²) in [5.41, 5.74) is 9.78. The van der Waals surface area contributed by atoms with Crippen molar-refractivity contribution in [2.75, 3.05) is 43.4 Å². The zero-order valence-corrected chi connectivity index (χ0v) is 20.7. The fraction of sp³-hybridized carbons (Fsp3) is 0.565. The minimum absolute atomic E-state index is 0.0659. The summed E-state index contributed by atoms with van der Waals surface area (Å²) in [5.74, 6) is 1.41. The molecule has 3 aromatic rings. The van der Waals surface area contributed by atoms with E-state index < -0.39 is 9.84 Å². The molecule has 35 heavy (non-hydrogen) atoms. The summed E-state index contributed by atoms with van der Waals surface area (Å²) < 4.78 is 31.6. The Kier molecular flexibility index (Phi) is 5.15. The van der Waals surface area contributed by atoms with E-state index in [0.717, 1.165) is 29.7 Å². The molecule has 3 aliphatic rings. The number of hydrogen-bond donors (Lipinski definition) is 1. The maximum absolute atomic E-state index is 13.9. The van der Waals surface area contributed by atoms with Gasteiger partial charge in [0.15, 0.2) is 15.6 Å². The van der Waals surface area contributed by atoms with Crippen molar-refractivity contribution < 1.29 is 17.7 Å². The van der Waals surface area contributed by atoms with Crippen LogP contribution in [0.5, 0.6) is 0 Å². The number of carbonyl (C=O) groups is 1. The lowest BCUT2D eigenvalue weighted by molar-refractivity contribution is 0.0720. The number of nitrogens with two attached hydrogens (primary N) is 1. The van der Waals surface area contributed by atoms with E-state index in [1.54, 1.807) is 0 Å². The summed E-state index contributed by atoms with van der Waals surface area (Å²) >= 11 is 0. The van der Waals surface area contributed by atoms with E-state index in [0.29, 0.717) is 60.9 Å². The molecule has 0 aromatic carbocycles. The zero-order valence-electron chi connectivity index (χ0n) is 19.9. The Hall–Kier alpha value is -2.99. The minimum atomic E-state index is -2.96. The second kappa shape index (κ2) is 8.02. The largest absolute Gasteiger partial charge is 0.383 e. The van der Waals surface area contributed by atoms with Gasteiger partial charge >= 0.3 is 0 Å². The van der Waals surface area contributed by atoms with Crippen molar-refractivity contribution in [3.63, 3.8) is 0 Å². The van der Waals surface area contributed by atoms with E-state index in [1.165, 1.54) is 6.33 Å². The van der Waals surface area contributed by atoms with Gasteiger partial charge in [0.25, 0.3) is 5.91 Å². The third-order valence-corrected chi connectivity index (χ3v) is 8.91. The number of sulfone groups is 1. The first-order valence-corrected chi connectivity index (χ1v) is 13.9. The highest BCUT2D eigenvalue weighted by Gasteiger charge is 2.41. The van der Waals surface area contributed by atoms with Crippen LogP contribution in [0.2, 0.25) is 0 Å². The van der Waals surface area contributed by atoms with E-state index in [1.807, 2.05) is 4.90 Å². The third-order valence-electron chi connectivity index (χ3n) is 7.30. The molecule has 12 heteroatoms. The molecule has 1 saturated carbocycles. The Morgan fingerprint density at radius 3 is 2.57 bits per heavy atom. The normalized spacial score (nSPS) is 20.3. The molecule has 2 fully saturated rings. The molecule has 6 rings (SSSR count). The van der Waals surface area contributed by atoms with Gasteiger partial charge in [-0.25, -0.2) is 18.4 Å². The Morgan fingerprint density at radius 1 is 1.14 bits per heavy atom. The van der Waals surface area contributed by atoms with Crippen molar-refractivity contribution >= 4 is 32.6 Å². The van der Waals surface area contributed by atoms with Crippen molar-refractivity contribution in [1.29, 1.82) is 0 Å². The molecule has 1 amide bonds. The predicted octanol–water partition coefficient (Wildman–Crippen LogP) is 1.81. The number of anilines is 1. The molecular weight excluding hydrogens is 470 g/mol. The molecule has 0 atom stereocenters. The fourth-order valence-electron chi connectivity index (χ4n) is 5.30. The minimum Gasteiger partial charge on any atom is -0.383 e. The molecule has 1 saturated heterocycles. The summed E-state index contributed by atoms with van der Waals surface area (Å²) in [4.78, 5) is 26.7. The van der Waals surface area contributed by atoms with Crippen LogP contribution in [0.15, 0.2) is 10.9 Å². The van der Waals surface area contributed by atoms with Crippen LogP contribution in [-0.2, 0) is 16.4 Å². The molecule has 5 heterocycles. The lowest BCUT2D eigenvalue weighted by Crippen LogP contribution is -2.45. The number of carbonyl (C=O) groups excluding carboxylic acids is 1. The van der Waals surface area contributed by atoms with Gasteiger partial charge in [0.05, 0.1) is 23.4 Å². The van der Waals surface area contributed by atoms with Gasteiger partial charge in [-0.2, -0.15) is 0 Å². The Balaban J connectivity index is 1.46. The molecule has 0 spiro atoms. The number of rotatable bonds is 5. The van der Waals surface area contributed by atoms with Gasteiger partial charge in [0.2, 0.25) is 0 Å². The van der Waals surface area contributed by atoms with Gasteiger partial charge in [-0.1, -0.05) is 5.16 Å². The molecule has 0 radical (unpaired) electrons. The number of fused-ring (bicyclic) bond motifs is 5. The Labute approximate surface area is 203 Å². The highest BCUT2D eigenvalue weighted by molar-refractivity contribution is 7.91. The average Bonchev–Trinajstić information content (AvgIpc) is 3.49. The quantitative estimate of drug-likeness (QED) is 0.556. The van der Waals surface area contributed by atoms with Crippen molar-refractivity contribution in [2.24, 2.45) is 0 Å². The molecule has 3 aromatic heterocycles. The van der Waals surface area contributed by atoms with E-state index in [4.69, 9.17) is 10.3 Å². The second-order valence-corrected chi connectivity index (χ2v) is 12.3. The third kappa shape index (κ3) is 3.70. The van der Waals surface area contributed by atoms with Crippen LogP contribution in [0.3, 0.4) is 0 Å². The molecule has 2 aliphatic heterocycles. The molecule has 2 N–H and O–H groups in total. The number of amides is 1. The van der Waals surface area contributed by atoms with E-state index in [9.17, 15) is 13.2 Å². The Bertz CT molecular complexity index is 1420. The van der Waals surface area contributed by atoms with Crippen molar-refractivity contribution in [2.45, 2.75) is 45.2 Å². The van der Waals surface area contributed by atoms with Crippen LogP contribution in [0.4, 0.5) is 5.82 Å². The number of nitrogens with zero attached hydrogens (tertiary/aromatic N) is 6. The predicted molar refractivity (Wildman–Crippen MR) is 130 cm³/mol. The maximum atomic E-state index is 13.9. The van der Waals surface area contributed by atoms with E-state index in [2.05, 4.69) is 38.4 Å². The number of aromatic nitrogens is 4. The molecule has 1 aliphatic carbocycles. The summed E-state index contributed by atoms with van der Waals surface area (Å²) in [6.07, 6.45) is 3.41. The number of hydrogen-bond acceptors (Lipinski definition) is 9. The lowest BCUT2D eigenvalue weighted by atomic mass is 10.0. The molecule has 0 unspecified atom stereocenters. The maximum Gasteiger partial charge on any atom is 0.260 e. The lowest BCUT2D eigenvalue weighted by Gasteiger charge is -2.30. The van der Waals surface area contributed by atoms with Crippen molar-refractivity contribution in [1.82, 2.24) is 29.5 Å². The summed E-state index contributed by atoms with van der Waals surface area (Å²) in [6.45, 7) is 6.55. The fourth-order valence-corrected chi connectivity index (χ4v) is 6.58. The SMILES string of the molecule is CC(C)n1c2c(c3c(N)ncnc31)-c1noc(C3CC3)c1C(=O)N(CCN1CCS(=O)(=O)CC1)C2.